The van der Waals surface area contributed by atoms with Gasteiger partial charge >= 0.3 is 0 Å². The molecule has 2 aliphatic rings. The van der Waals surface area contributed by atoms with Crippen LogP contribution >= 0.6 is 11.3 Å². The highest BCUT2D eigenvalue weighted by molar-refractivity contribution is 7.10. The summed E-state index contributed by atoms with van der Waals surface area (Å²) in [6, 6.07) is 18.5. The molecular weight excluding hydrogens is 384 g/mol. The first-order valence-corrected chi connectivity index (χ1v) is 10.6. The van der Waals surface area contributed by atoms with Gasteiger partial charge in [0.15, 0.2) is 11.5 Å². The molecule has 3 aromatic rings. The molecule has 0 saturated heterocycles. The second kappa shape index (κ2) is 7.44. The highest BCUT2D eigenvalue weighted by atomic mass is 32.1. The molecule has 2 aromatic carbocycles. The molecule has 0 bridgehead atoms. The fourth-order valence-corrected chi connectivity index (χ4v) is 4.69. The fraction of sp³-hybridized carbons (Fsp3) is 0.261. The summed E-state index contributed by atoms with van der Waals surface area (Å²) < 4.78 is 17.6. The minimum absolute atomic E-state index is 0.113. The second-order valence-electron chi connectivity index (χ2n) is 6.97. The van der Waals surface area contributed by atoms with E-state index in [-0.39, 0.29) is 12.3 Å². The topological polar surface area (TPSA) is 43.3 Å². The van der Waals surface area contributed by atoms with Crippen molar-refractivity contribution in [2.45, 2.75) is 25.6 Å². The van der Waals surface area contributed by atoms with Crippen LogP contribution < -0.4 is 14.2 Å². The minimum Gasteiger partial charge on any atom is -0.494 e. The second-order valence-corrected chi connectivity index (χ2v) is 7.95. The molecule has 0 unspecified atom stereocenters. The Morgan fingerprint density at radius 1 is 1.14 bits per heavy atom. The molecule has 0 saturated carbocycles. The van der Waals surface area contributed by atoms with Gasteiger partial charge in [-0.2, -0.15) is 5.10 Å². The SMILES string of the molecule is CCOc1ccc(C2=NN3[C@@H](C2)c2cccc(OC)c2O[C@H]3c2cccs2)cc1. The van der Waals surface area contributed by atoms with Gasteiger partial charge in [0.1, 0.15) is 5.75 Å². The summed E-state index contributed by atoms with van der Waals surface area (Å²) >= 11 is 1.68. The third-order valence-corrected chi connectivity index (χ3v) is 6.19. The summed E-state index contributed by atoms with van der Waals surface area (Å²) in [5.41, 5.74) is 3.28. The quantitative estimate of drug-likeness (QED) is 0.569. The molecule has 2 aliphatic heterocycles. The summed E-state index contributed by atoms with van der Waals surface area (Å²) in [4.78, 5) is 1.13. The van der Waals surface area contributed by atoms with Gasteiger partial charge in [-0.15, -0.1) is 11.3 Å². The Morgan fingerprint density at radius 2 is 2.00 bits per heavy atom. The number of hydrogen-bond acceptors (Lipinski definition) is 6. The normalized spacial score (nSPS) is 19.8. The summed E-state index contributed by atoms with van der Waals surface area (Å²) in [6.07, 6.45) is 0.559. The molecule has 0 aliphatic carbocycles. The number of hydrazone groups is 1. The Labute approximate surface area is 174 Å². The van der Waals surface area contributed by atoms with E-state index in [2.05, 4.69) is 34.7 Å². The Kier molecular flexibility index (Phi) is 4.64. The van der Waals surface area contributed by atoms with E-state index in [1.54, 1.807) is 18.4 Å². The maximum atomic E-state index is 6.43. The van der Waals surface area contributed by atoms with Gasteiger partial charge in [0.2, 0.25) is 6.23 Å². The van der Waals surface area contributed by atoms with Crippen molar-refractivity contribution < 1.29 is 14.2 Å². The molecule has 29 heavy (non-hydrogen) atoms. The summed E-state index contributed by atoms with van der Waals surface area (Å²) in [6.45, 7) is 2.65. The molecule has 3 heterocycles. The number of ether oxygens (including phenoxy) is 3. The Balaban J connectivity index is 1.54. The smallest absolute Gasteiger partial charge is 0.223 e. The zero-order chi connectivity index (χ0) is 19.8. The third kappa shape index (κ3) is 3.13. The van der Waals surface area contributed by atoms with Gasteiger partial charge in [-0.1, -0.05) is 18.2 Å². The maximum Gasteiger partial charge on any atom is 0.223 e. The molecule has 148 valence electrons. The summed E-state index contributed by atoms with van der Waals surface area (Å²) in [5, 5.41) is 9.16. The largest absolute Gasteiger partial charge is 0.494 e. The molecule has 0 N–H and O–H groups in total. The van der Waals surface area contributed by atoms with Gasteiger partial charge in [0, 0.05) is 12.0 Å². The lowest BCUT2D eigenvalue weighted by molar-refractivity contribution is -0.0184. The molecule has 5 nitrogen and oxygen atoms in total. The zero-order valence-electron chi connectivity index (χ0n) is 16.4. The highest BCUT2D eigenvalue weighted by Crippen LogP contribution is 2.51. The fourth-order valence-electron chi connectivity index (χ4n) is 3.95. The lowest BCUT2D eigenvalue weighted by atomic mass is 9.96. The van der Waals surface area contributed by atoms with Crippen molar-refractivity contribution in [1.29, 1.82) is 0 Å². The monoisotopic (exact) mass is 406 g/mol. The predicted molar refractivity (Wildman–Crippen MR) is 114 cm³/mol. The van der Waals surface area contributed by atoms with Crippen molar-refractivity contribution in [3.8, 4) is 17.2 Å². The highest BCUT2D eigenvalue weighted by Gasteiger charge is 2.42. The van der Waals surface area contributed by atoms with Crippen molar-refractivity contribution in [1.82, 2.24) is 5.01 Å². The van der Waals surface area contributed by atoms with Crippen molar-refractivity contribution in [3.63, 3.8) is 0 Å². The number of thiophene rings is 1. The van der Waals surface area contributed by atoms with Gasteiger partial charge in [-0.3, -0.25) is 0 Å². The number of nitrogens with zero attached hydrogens (tertiary/aromatic N) is 2. The van der Waals surface area contributed by atoms with Gasteiger partial charge in [-0.25, -0.2) is 5.01 Å². The number of methoxy groups -OCH3 is 1. The van der Waals surface area contributed by atoms with Gasteiger partial charge < -0.3 is 14.2 Å². The van der Waals surface area contributed by atoms with Crippen LogP contribution in [0.5, 0.6) is 17.2 Å². The van der Waals surface area contributed by atoms with Crippen LogP contribution in [0, 0.1) is 0 Å². The van der Waals surface area contributed by atoms with Crippen LogP contribution in [0.2, 0.25) is 0 Å². The molecule has 0 spiro atoms. The molecule has 0 amide bonds. The first kappa shape index (κ1) is 18.1. The zero-order valence-corrected chi connectivity index (χ0v) is 17.2. The lowest BCUT2D eigenvalue weighted by Gasteiger charge is -2.38. The number of hydrogen-bond donors (Lipinski definition) is 0. The summed E-state index contributed by atoms with van der Waals surface area (Å²) in [7, 11) is 1.68. The van der Waals surface area contributed by atoms with Gasteiger partial charge in [0.05, 0.1) is 30.3 Å². The van der Waals surface area contributed by atoms with Crippen LogP contribution in [0.1, 0.15) is 41.6 Å². The predicted octanol–water partition coefficient (Wildman–Crippen LogP) is 5.40. The molecule has 5 rings (SSSR count). The van der Waals surface area contributed by atoms with E-state index in [1.165, 1.54) is 0 Å². The maximum absolute atomic E-state index is 6.43. The molecule has 0 fully saturated rings. The van der Waals surface area contributed by atoms with Crippen molar-refractivity contribution in [2.24, 2.45) is 5.10 Å². The van der Waals surface area contributed by atoms with E-state index in [1.807, 2.05) is 37.3 Å². The van der Waals surface area contributed by atoms with E-state index in [4.69, 9.17) is 19.3 Å². The van der Waals surface area contributed by atoms with E-state index >= 15 is 0 Å². The standard InChI is InChI=1S/C23H22N2O3S/c1-3-27-16-11-9-15(10-12-16)18-14-19-17-6-4-7-20(26-2)22(17)28-23(25(19)24-18)21-8-5-13-29-21/h4-13,19,23H,3,14H2,1-2H3/t19-,23-/m0/s1. The van der Waals surface area contributed by atoms with Crippen LogP contribution in [0.3, 0.4) is 0 Å². The lowest BCUT2D eigenvalue weighted by Crippen LogP contribution is -2.33. The number of rotatable bonds is 5. The van der Waals surface area contributed by atoms with E-state index < -0.39 is 0 Å². The van der Waals surface area contributed by atoms with E-state index in [9.17, 15) is 0 Å². The third-order valence-electron chi connectivity index (χ3n) is 5.29. The number of fused-ring (bicyclic) bond motifs is 3. The van der Waals surface area contributed by atoms with E-state index in [0.717, 1.165) is 45.4 Å². The van der Waals surface area contributed by atoms with Gasteiger partial charge in [-0.05, 0) is 54.3 Å². The minimum atomic E-state index is -0.260. The van der Waals surface area contributed by atoms with Crippen LogP contribution in [0.15, 0.2) is 65.1 Å². The molecular formula is C23H22N2O3S. The molecule has 6 heteroatoms. The Morgan fingerprint density at radius 3 is 2.72 bits per heavy atom. The summed E-state index contributed by atoms with van der Waals surface area (Å²) in [5.74, 6) is 2.46. The molecule has 2 atom stereocenters. The van der Waals surface area contributed by atoms with Crippen molar-refractivity contribution in [2.75, 3.05) is 13.7 Å². The van der Waals surface area contributed by atoms with Crippen molar-refractivity contribution >= 4 is 17.0 Å². The average molecular weight is 407 g/mol. The molecule has 1 aromatic heterocycles. The Hall–Kier alpha value is -2.99. The number of para-hydroxylation sites is 1. The van der Waals surface area contributed by atoms with Crippen molar-refractivity contribution in [3.05, 3.63) is 76.0 Å². The van der Waals surface area contributed by atoms with Crippen LogP contribution in [-0.4, -0.2) is 24.4 Å². The van der Waals surface area contributed by atoms with Crippen LogP contribution in [-0.2, 0) is 0 Å². The average Bonchev–Trinajstić information content (AvgIpc) is 3.44. The van der Waals surface area contributed by atoms with E-state index in [0.29, 0.717) is 6.61 Å². The first-order valence-electron chi connectivity index (χ1n) is 9.74. The van der Waals surface area contributed by atoms with Crippen LogP contribution in [0.4, 0.5) is 0 Å². The first-order chi connectivity index (χ1) is 14.3. The van der Waals surface area contributed by atoms with Crippen LogP contribution in [0.25, 0.3) is 0 Å². The Bertz CT molecular complexity index is 1030. The van der Waals surface area contributed by atoms with Gasteiger partial charge in [0.25, 0.3) is 0 Å². The number of benzene rings is 2. The molecule has 0 radical (unpaired) electrons.